The Morgan fingerprint density at radius 2 is 2.16 bits per heavy atom. The minimum Gasteiger partial charge on any atom is -0.380 e. The van der Waals surface area contributed by atoms with Gasteiger partial charge in [0.25, 0.3) is 5.91 Å². The first-order valence-electron chi connectivity index (χ1n) is 6.53. The van der Waals surface area contributed by atoms with Crippen molar-refractivity contribution < 1.29 is 9.53 Å². The first-order chi connectivity index (χ1) is 8.92. The number of benzene rings is 1. The number of hydrogen-bond acceptors (Lipinski definition) is 3. The average Bonchev–Trinajstić information content (AvgIpc) is 2.39. The van der Waals surface area contributed by atoms with Crippen molar-refractivity contribution >= 4 is 5.91 Å². The first kappa shape index (κ1) is 15.7. The standard InChI is InChI=1S/C15H24N2O2/c1-11(2)15(3,10-16)17-14(18)13-7-5-6-12(8-13)9-19-4/h5-8,11H,9-10,16H2,1-4H3,(H,17,18). The van der Waals surface area contributed by atoms with Crippen LogP contribution in [0.25, 0.3) is 0 Å². The Labute approximate surface area is 115 Å². The number of carbonyl (C=O) groups excluding carboxylic acids is 1. The molecule has 0 aliphatic heterocycles. The maximum absolute atomic E-state index is 12.3. The Morgan fingerprint density at radius 3 is 2.68 bits per heavy atom. The number of amides is 1. The maximum atomic E-state index is 12.3. The molecule has 0 fully saturated rings. The van der Waals surface area contributed by atoms with Gasteiger partial charge in [0.05, 0.1) is 12.1 Å². The van der Waals surface area contributed by atoms with Crippen LogP contribution < -0.4 is 11.1 Å². The lowest BCUT2D eigenvalue weighted by Gasteiger charge is -2.33. The van der Waals surface area contributed by atoms with E-state index in [4.69, 9.17) is 10.5 Å². The molecule has 0 radical (unpaired) electrons. The molecule has 106 valence electrons. The lowest BCUT2D eigenvalue weighted by atomic mass is 9.88. The second-order valence-corrected chi connectivity index (χ2v) is 5.36. The second kappa shape index (κ2) is 6.68. The molecule has 0 bridgehead atoms. The maximum Gasteiger partial charge on any atom is 0.251 e. The molecule has 0 aliphatic rings. The molecule has 0 spiro atoms. The number of methoxy groups -OCH3 is 1. The SMILES string of the molecule is COCc1cccc(C(=O)NC(C)(CN)C(C)C)c1. The van der Waals surface area contributed by atoms with Crippen molar-refractivity contribution in [3.63, 3.8) is 0 Å². The van der Waals surface area contributed by atoms with Crippen molar-refractivity contribution in [2.75, 3.05) is 13.7 Å². The molecule has 19 heavy (non-hydrogen) atoms. The monoisotopic (exact) mass is 264 g/mol. The van der Waals surface area contributed by atoms with Crippen LogP contribution in [0.2, 0.25) is 0 Å². The zero-order valence-electron chi connectivity index (χ0n) is 12.2. The van der Waals surface area contributed by atoms with Crippen molar-refractivity contribution in [3.8, 4) is 0 Å². The molecule has 1 aromatic carbocycles. The molecule has 0 saturated heterocycles. The molecule has 1 atom stereocenters. The summed E-state index contributed by atoms with van der Waals surface area (Å²) in [6.07, 6.45) is 0. The highest BCUT2D eigenvalue weighted by molar-refractivity contribution is 5.94. The topological polar surface area (TPSA) is 64.3 Å². The summed E-state index contributed by atoms with van der Waals surface area (Å²) in [7, 11) is 1.64. The highest BCUT2D eigenvalue weighted by Crippen LogP contribution is 2.16. The summed E-state index contributed by atoms with van der Waals surface area (Å²) in [4.78, 5) is 12.3. The van der Waals surface area contributed by atoms with E-state index in [1.807, 2.05) is 25.1 Å². The van der Waals surface area contributed by atoms with Gasteiger partial charge in [-0.15, -0.1) is 0 Å². The molecule has 4 nitrogen and oxygen atoms in total. The number of ether oxygens (including phenoxy) is 1. The second-order valence-electron chi connectivity index (χ2n) is 5.36. The smallest absolute Gasteiger partial charge is 0.251 e. The van der Waals surface area contributed by atoms with E-state index in [0.717, 1.165) is 5.56 Å². The van der Waals surface area contributed by atoms with Gasteiger partial charge in [-0.25, -0.2) is 0 Å². The Hall–Kier alpha value is -1.39. The van der Waals surface area contributed by atoms with E-state index in [2.05, 4.69) is 19.2 Å². The minimum atomic E-state index is -0.394. The van der Waals surface area contributed by atoms with Crippen LogP contribution in [0.4, 0.5) is 0 Å². The van der Waals surface area contributed by atoms with Gasteiger partial charge in [-0.05, 0) is 30.5 Å². The molecule has 0 saturated carbocycles. The van der Waals surface area contributed by atoms with Gasteiger partial charge in [0.2, 0.25) is 0 Å². The molecule has 1 rings (SSSR count). The van der Waals surface area contributed by atoms with Crippen molar-refractivity contribution in [2.45, 2.75) is 32.9 Å². The van der Waals surface area contributed by atoms with Crippen molar-refractivity contribution in [1.82, 2.24) is 5.32 Å². The third-order valence-electron chi connectivity index (χ3n) is 3.60. The number of hydrogen-bond donors (Lipinski definition) is 2. The number of carbonyl (C=O) groups is 1. The zero-order chi connectivity index (χ0) is 14.5. The summed E-state index contributed by atoms with van der Waals surface area (Å²) in [5.74, 6) is 0.170. The average molecular weight is 264 g/mol. The van der Waals surface area contributed by atoms with Gasteiger partial charge in [-0.2, -0.15) is 0 Å². The third-order valence-corrected chi connectivity index (χ3v) is 3.60. The predicted molar refractivity (Wildman–Crippen MR) is 76.9 cm³/mol. The third kappa shape index (κ3) is 4.04. The van der Waals surface area contributed by atoms with E-state index in [1.54, 1.807) is 13.2 Å². The van der Waals surface area contributed by atoms with Gasteiger partial charge < -0.3 is 15.8 Å². The Bertz CT molecular complexity index is 432. The summed E-state index contributed by atoms with van der Waals surface area (Å²) < 4.78 is 5.07. The van der Waals surface area contributed by atoms with Gasteiger partial charge in [0, 0.05) is 19.2 Å². The summed E-state index contributed by atoms with van der Waals surface area (Å²) in [5, 5.41) is 3.02. The van der Waals surface area contributed by atoms with Crippen LogP contribution in [0.3, 0.4) is 0 Å². The summed E-state index contributed by atoms with van der Waals surface area (Å²) >= 11 is 0. The van der Waals surface area contributed by atoms with Crippen molar-refractivity contribution in [2.24, 2.45) is 11.7 Å². The molecule has 0 aliphatic carbocycles. The first-order valence-corrected chi connectivity index (χ1v) is 6.53. The molecule has 1 unspecified atom stereocenters. The number of nitrogens with one attached hydrogen (secondary N) is 1. The van der Waals surface area contributed by atoms with E-state index >= 15 is 0 Å². The highest BCUT2D eigenvalue weighted by Gasteiger charge is 2.28. The van der Waals surface area contributed by atoms with E-state index in [0.29, 0.717) is 18.7 Å². The normalized spacial score (nSPS) is 14.2. The molecular formula is C15H24N2O2. The summed E-state index contributed by atoms with van der Waals surface area (Å²) in [6, 6.07) is 7.44. The molecule has 0 aromatic heterocycles. The Kier molecular flexibility index (Phi) is 5.51. The van der Waals surface area contributed by atoms with E-state index in [1.165, 1.54) is 0 Å². The van der Waals surface area contributed by atoms with Gasteiger partial charge in [0.15, 0.2) is 0 Å². The minimum absolute atomic E-state index is 0.0976. The molecule has 3 N–H and O–H groups in total. The fraction of sp³-hybridized carbons (Fsp3) is 0.533. The highest BCUT2D eigenvalue weighted by atomic mass is 16.5. The van der Waals surface area contributed by atoms with Crippen LogP contribution in [-0.2, 0) is 11.3 Å². The number of rotatable bonds is 6. The zero-order valence-corrected chi connectivity index (χ0v) is 12.2. The molecule has 4 heteroatoms. The molecule has 0 heterocycles. The lowest BCUT2D eigenvalue weighted by Crippen LogP contribution is -2.55. The Morgan fingerprint density at radius 1 is 1.47 bits per heavy atom. The van der Waals surface area contributed by atoms with Crippen LogP contribution in [0.1, 0.15) is 36.7 Å². The fourth-order valence-electron chi connectivity index (χ4n) is 1.73. The van der Waals surface area contributed by atoms with E-state index in [9.17, 15) is 4.79 Å². The largest absolute Gasteiger partial charge is 0.380 e. The summed E-state index contributed by atoms with van der Waals surface area (Å²) in [6.45, 7) is 6.98. The van der Waals surface area contributed by atoms with Crippen molar-refractivity contribution in [3.05, 3.63) is 35.4 Å². The molecule has 1 aromatic rings. The molecule has 1 amide bonds. The van der Waals surface area contributed by atoms with Gasteiger partial charge in [0.1, 0.15) is 0 Å². The van der Waals surface area contributed by atoms with Crippen LogP contribution in [-0.4, -0.2) is 25.1 Å². The predicted octanol–water partition coefficient (Wildman–Crippen LogP) is 1.94. The van der Waals surface area contributed by atoms with Crippen LogP contribution in [0.5, 0.6) is 0 Å². The van der Waals surface area contributed by atoms with Crippen LogP contribution >= 0.6 is 0 Å². The lowest BCUT2D eigenvalue weighted by molar-refractivity contribution is 0.0883. The van der Waals surface area contributed by atoms with E-state index in [-0.39, 0.29) is 11.8 Å². The number of nitrogens with two attached hydrogens (primary N) is 1. The van der Waals surface area contributed by atoms with Crippen molar-refractivity contribution in [1.29, 1.82) is 0 Å². The summed E-state index contributed by atoms with van der Waals surface area (Å²) in [5.41, 5.74) is 7.00. The Balaban J connectivity index is 2.86. The van der Waals surface area contributed by atoms with Crippen LogP contribution in [0.15, 0.2) is 24.3 Å². The fourth-order valence-corrected chi connectivity index (χ4v) is 1.73. The van der Waals surface area contributed by atoms with E-state index < -0.39 is 5.54 Å². The molecular weight excluding hydrogens is 240 g/mol. The van der Waals surface area contributed by atoms with Gasteiger partial charge in [-0.3, -0.25) is 4.79 Å². The quantitative estimate of drug-likeness (QED) is 0.825. The van der Waals surface area contributed by atoms with Gasteiger partial charge in [-0.1, -0.05) is 26.0 Å². The van der Waals surface area contributed by atoms with Gasteiger partial charge >= 0.3 is 0 Å². The van der Waals surface area contributed by atoms with Crippen LogP contribution in [0, 0.1) is 5.92 Å².